The van der Waals surface area contributed by atoms with E-state index in [0.29, 0.717) is 5.75 Å². The molecule has 0 heterocycles. The summed E-state index contributed by atoms with van der Waals surface area (Å²) in [6.45, 7) is 0. The van der Waals surface area contributed by atoms with Gasteiger partial charge in [0.25, 0.3) is 10.0 Å². The van der Waals surface area contributed by atoms with Crippen LogP contribution >= 0.6 is 0 Å². The van der Waals surface area contributed by atoms with Crippen molar-refractivity contribution in [2.24, 2.45) is 5.73 Å². The monoisotopic (exact) mass is 336 g/mol. The van der Waals surface area contributed by atoms with Gasteiger partial charge in [0.15, 0.2) is 0 Å². The first-order valence-electron chi connectivity index (χ1n) is 6.52. The molecule has 0 bridgehead atoms. The van der Waals surface area contributed by atoms with Gasteiger partial charge in [-0.15, -0.1) is 0 Å². The average Bonchev–Trinajstić information content (AvgIpc) is 2.54. The Balaban J connectivity index is 2.43. The van der Waals surface area contributed by atoms with Crippen LogP contribution in [0, 0.1) is 0 Å². The topological polar surface area (TPSA) is 108 Å². The standard InChI is InChI=1S/C15H16N2O5S/c1-21-12-6-7-13(22-2)14(9-12)23(19,20)17-11-5-3-4-10(8-11)15(16)18/h3-9,17H,1-2H3,(H2,16,18). The lowest BCUT2D eigenvalue weighted by molar-refractivity contribution is 0.100. The van der Waals surface area contributed by atoms with Crippen molar-refractivity contribution in [3.8, 4) is 11.5 Å². The van der Waals surface area contributed by atoms with Crippen molar-refractivity contribution in [3.05, 3.63) is 48.0 Å². The van der Waals surface area contributed by atoms with Crippen LogP contribution in [0.25, 0.3) is 0 Å². The maximum atomic E-state index is 12.6. The third-order valence-electron chi connectivity index (χ3n) is 3.06. The van der Waals surface area contributed by atoms with Gasteiger partial charge in [-0.1, -0.05) is 6.07 Å². The molecule has 8 heteroatoms. The van der Waals surface area contributed by atoms with Crippen LogP contribution in [0.2, 0.25) is 0 Å². The number of primary amides is 1. The van der Waals surface area contributed by atoms with Crippen molar-refractivity contribution < 1.29 is 22.7 Å². The maximum Gasteiger partial charge on any atom is 0.265 e. The van der Waals surface area contributed by atoms with E-state index in [-0.39, 0.29) is 21.9 Å². The van der Waals surface area contributed by atoms with Crippen molar-refractivity contribution in [3.63, 3.8) is 0 Å². The fourth-order valence-corrected chi connectivity index (χ4v) is 3.17. The minimum Gasteiger partial charge on any atom is -0.497 e. The van der Waals surface area contributed by atoms with Crippen LogP contribution in [0.5, 0.6) is 11.5 Å². The Morgan fingerprint density at radius 3 is 2.43 bits per heavy atom. The molecule has 0 aromatic heterocycles. The summed E-state index contributed by atoms with van der Waals surface area (Å²) in [5.74, 6) is -0.105. The third kappa shape index (κ3) is 3.72. The molecule has 1 amide bonds. The van der Waals surface area contributed by atoms with Crippen LogP contribution in [0.15, 0.2) is 47.4 Å². The van der Waals surface area contributed by atoms with Crippen molar-refractivity contribution in [1.82, 2.24) is 0 Å². The van der Waals surface area contributed by atoms with Crippen molar-refractivity contribution in [1.29, 1.82) is 0 Å². The molecule has 0 aliphatic rings. The molecule has 2 aromatic carbocycles. The number of rotatable bonds is 6. The lowest BCUT2D eigenvalue weighted by Gasteiger charge is -2.13. The van der Waals surface area contributed by atoms with Crippen molar-refractivity contribution in [2.75, 3.05) is 18.9 Å². The van der Waals surface area contributed by atoms with E-state index in [0.717, 1.165) is 0 Å². The highest BCUT2D eigenvalue weighted by Gasteiger charge is 2.21. The van der Waals surface area contributed by atoms with Crippen LogP contribution in [0.1, 0.15) is 10.4 Å². The summed E-state index contributed by atoms with van der Waals surface area (Å²) in [7, 11) is -1.14. The molecule has 2 aromatic rings. The summed E-state index contributed by atoms with van der Waals surface area (Å²) < 4.78 is 37.6. The van der Waals surface area contributed by atoms with Gasteiger partial charge in [-0.2, -0.15) is 0 Å². The fraction of sp³-hybridized carbons (Fsp3) is 0.133. The van der Waals surface area contributed by atoms with E-state index in [4.69, 9.17) is 15.2 Å². The van der Waals surface area contributed by atoms with Crippen LogP contribution in [0.3, 0.4) is 0 Å². The van der Waals surface area contributed by atoms with Gasteiger partial charge in [0.05, 0.1) is 14.2 Å². The minimum absolute atomic E-state index is 0.0798. The Morgan fingerprint density at radius 2 is 1.83 bits per heavy atom. The van der Waals surface area contributed by atoms with E-state index < -0.39 is 15.9 Å². The number of methoxy groups -OCH3 is 2. The number of carbonyl (C=O) groups excluding carboxylic acids is 1. The first kappa shape index (κ1) is 16.6. The van der Waals surface area contributed by atoms with Crippen LogP contribution in [0.4, 0.5) is 5.69 Å². The second-order valence-electron chi connectivity index (χ2n) is 4.57. The number of hydrogen-bond donors (Lipinski definition) is 2. The first-order valence-corrected chi connectivity index (χ1v) is 8.00. The number of benzene rings is 2. The van der Waals surface area contributed by atoms with Gasteiger partial charge in [-0.25, -0.2) is 8.42 Å². The number of nitrogens with one attached hydrogen (secondary N) is 1. The summed E-state index contributed by atoms with van der Waals surface area (Å²) in [5.41, 5.74) is 5.60. The van der Waals surface area contributed by atoms with Crippen molar-refractivity contribution >= 4 is 21.6 Å². The SMILES string of the molecule is COc1ccc(OC)c(S(=O)(=O)Nc2cccc(C(N)=O)c2)c1. The number of sulfonamides is 1. The number of nitrogens with two attached hydrogens (primary N) is 1. The summed E-state index contributed by atoms with van der Waals surface area (Å²) in [5, 5.41) is 0. The lowest BCUT2D eigenvalue weighted by atomic mass is 10.2. The molecule has 0 aliphatic carbocycles. The zero-order valence-electron chi connectivity index (χ0n) is 12.6. The Labute approximate surface area is 134 Å². The zero-order valence-corrected chi connectivity index (χ0v) is 13.4. The van der Waals surface area contributed by atoms with Gasteiger partial charge in [0, 0.05) is 17.3 Å². The zero-order chi connectivity index (χ0) is 17.0. The average molecular weight is 336 g/mol. The van der Waals surface area contributed by atoms with E-state index in [2.05, 4.69) is 4.72 Å². The van der Waals surface area contributed by atoms with Crippen LogP contribution < -0.4 is 19.9 Å². The molecule has 0 saturated heterocycles. The second-order valence-corrected chi connectivity index (χ2v) is 6.22. The van der Waals surface area contributed by atoms with Gasteiger partial charge >= 0.3 is 0 Å². The molecular formula is C15H16N2O5S. The van der Waals surface area contributed by atoms with Gasteiger partial charge in [0.2, 0.25) is 5.91 Å². The van der Waals surface area contributed by atoms with E-state index >= 15 is 0 Å². The molecule has 0 radical (unpaired) electrons. The molecule has 7 nitrogen and oxygen atoms in total. The van der Waals surface area contributed by atoms with Gasteiger partial charge in [0.1, 0.15) is 16.4 Å². The van der Waals surface area contributed by atoms with Gasteiger partial charge in [-0.3, -0.25) is 9.52 Å². The van der Waals surface area contributed by atoms with E-state index in [9.17, 15) is 13.2 Å². The number of carbonyl (C=O) groups is 1. The number of hydrogen-bond acceptors (Lipinski definition) is 5. The fourth-order valence-electron chi connectivity index (χ4n) is 1.94. The van der Waals surface area contributed by atoms with E-state index in [1.54, 1.807) is 6.07 Å². The molecule has 0 saturated carbocycles. The minimum atomic E-state index is -3.94. The van der Waals surface area contributed by atoms with Crippen molar-refractivity contribution in [2.45, 2.75) is 4.90 Å². The first-order chi connectivity index (χ1) is 10.9. The van der Waals surface area contributed by atoms with Gasteiger partial charge < -0.3 is 15.2 Å². The third-order valence-corrected chi connectivity index (χ3v) is 4.46. The predicted octanol–water partition coefficient (Wildman–Crippen LogP) is 1.60. The smallest absolute Gasteiger partial charge is 0.265 e. The largest absolute Gasteiger partial charge is 0.497 e. The van der Waals surface area contributed by atoms with E-state index in [1.807, 2.05) is 0 Å². The molecule has 2 rings (SSSR count). The normalized spacial score (nSPS) is 10.9. The Morgan fingerprint density at radius 1 is 1.09 bits per heavy atom. The number of anilines is 1. The molecule has 0 unspecified atom stereocenters. The predicted molar refractivity (Wildman–Crippen MR) is 85.3 cm³/mol. The Kier molecular flexibility index (Phi) is 4.75. The molecule has 0 aliphatic heterocycles. The molecule has 0 fully saturated rings. The van der Waals surface area contributed by atoms with Gasteiger partial charge in [-0.05, 0) is 30.3 Å². The van der Waals surface area contributed by atoms with E-state index in [1.165, 1.54) is 50.6 Å². The quantitative estimate of drug-likeness (QED) is 0.833. The Bertz CT molecular complexity index is 834. The molecule has 0 spiro atoms. The molecule has 122 valence electrons. The number of ether oxygens (including phenoxy) is 2. The Hall–Kier alpha value is -2.74. The molecular weight excluding hydrogens is 320 g/mol. The molecule has 23 heavy (non-hydrogen) atoms. The van der Waals surface area contributed by atoms with Crippen LogP contribution in [-0.4, -0.2) is 28.5 Å². The summed E-state index contributed by atoms with van der Waals surface area (Å²) >= 11 is 0. The summed E-state index contributed by atoms with van der Waals surface area (Å²) in [6, 6.07) is 10.3. The molecule has 0 atom stereocenters. The maximum absolute atomic E-state index is 12.6. The summed E-state index contributed by atoms with van der Waals surface area (Å²) in [4.78, 5) is 11.1. The highest BCUT2D eigenvalue weighted by atomic mass is 32.2. The highest BCUT2D eigenvalue weighted by Crippen LogP contribution is 2.29. The number of amides is 1. The lowest BCUT2D eigenvalue weighted by Crippen LogP contribution is -2.16. The second kappa shape index (κ2) is 6.57. The van der Waals surface area contributed by atoms with Crippen LogP contribution in [-0.2, 0) is 10.0 Å². The highest BCUT2D eigenvalue weighted by molar-refractivity contribution is 7.92. The molecule has 3 N–H and O–H groups in total. The summed E-state index contributed by atoms with van der Waals surface area (Å²) in [6.07, 6.45) is 0.